The minimum atomic E-state index is -0.0966. The number of hydrogen-bond donors (Lipinski definition) is 1. The Labute approximate surface area is 80.3 Å². The molecule has 76 valence electrons. The zero-order valence-electron chi connectivity index (χ0n) is 8.79. The summed E-state index contributed by atoms with van der Waals surface area (Å²) in [6, 6.07) is 0. The van der Waals surface area contributed by atoms with E-state index >= 15 is 0 Å². The minimum absolute atomic E-state index is 0.0381. The number of hydrogen-bond acceptors (Lipinski definition) is 2. The van der Waals surface area contributed by atoms with Gasteiger partial charge in [0.2, 0.25) is 0 Å². The molecule has 1 N–H and O–H groups in total. The SMILES string of the molecule is COC1(C)CC2CC1CC(O)C2C. The van der Waals surface area contributed by atoms with Crippen LogP contribution in [0.15, 0.2) is 0 Å². The fraction of sp³-hybridized carbons (Fsp3) is 1.00. The molecule has 0 aliphatic heterocycles. The van der Waals surface area contributed by atoms with Crippen LogP contribution in [-0.4, -0.2) is 23.9 Å². The summed E-state index contributed by atoms with van der Waals surface area (Å²) in [5.74, 6) is 1.72. The number of ether oxygens (including phenoxy) is 1. The molecule has 0 heterocycles. The smallest absolute Gasteiger partial charge is 0.0682 e. The van der Waals surface area contributed by atoms with Gasteiger partial charge in [0, 0.05) is 7.11 Å². The Bertz CT molecular complexity index is 204. The summed E-state index contributed by atoms with van der Waals surface area (Å²) in [5, 5.41) is 9.83. The van der Waals surface area contributed by atoms with E-state index in [4.69, 9.17) is 4.74 Å². The topological polar surface area (TPSA) is 29.5 Å². The van der Waals surface area contributed by atoms with E-state index in [9.17, 15) is 5.11 Å². The van der Waals surface area contributed by atoms with Gasteiger partial charge in [0.1, 0.15) is 0 Å². The van der Waals surface area contributed by atoms with E-state index in [1.165, 1.54) is 6.42 Å². The van der Waals surface area contributed by atoms with Crippen LogP contribution in [0, 0.1) is 17.8 Å². The summed E-state index contributed by atoms with van der Waals surface area (Å²) in [7, 11) is 1.80. The van der Waals surface area contributed by atoms with Crippen LogP contribution in [0.1, 0.15) is 33.1 Å². The highest BCUT2D eigenvalue weighted by Gasteiger charge is 2.51. The molecule has 0 amide bonds. The molecule has 13 heavy (non-hydrogen) atoms. The van der Waals surface area contributed by atoms with Gasteiger partial charge in [-0.3, -0.25) is 0 Å². The second kappa shape index (κ2) is 2.96. The van der Waals surface area contributed by atoms with Gasteiger partial charge in [-0.1, -0.05) is 6.92 Å². The van der Waals surface area contributed by atoms with Crippen molar-refractivity contribution < 1.29 is 9.84 Å². The molecule has 5 unspecified atom stereocenters. The van der Waals surface area contributed by atoms with Crippen LogP contribution in [0.25, 0.3) is 0 Å². The molecular formula is C11H20O2. The maximum atomic E-state index is 9.83. The van der Waals surface area contributed by atoms with E-state index in [1.807, 2.05) is 0 Å². The summed E-state index contributed by atoms with van der Waals surface area (Å²) >= 11 is 0. The molecule has 2 saturated carbocycles. The predicted octanol–water partition coefficient (Wildman–Crippen LogP) is 1.82. The molecule has 5 atom stereocenters. The third-order valence-electron chi connectivity index (χ3n) is 4.46. The predicted molar refractivity (Wildman–Crippen MR) is 51.4 cm³/mol. The Morgan fingerprint density at radius 2 is 2.08 bits per heavy atom. The van der Waals surface area contributed by atoms with Crippen molar-refractivity contribution >= 4 is 0 Å². The quantitative estimate of drug-likeness (QED) is 0.673. The molecule has 2 aliphatic carbocycles. The number of rotatable bonds is 1. The number of aliphatic hydroxyl groups is 1. The lowest BCUT2D eigenvalue weighted by Crippen LogP contribution is -2.35. The van der Waals surface area contributed by atoms with Crippen LogP contribution in [0.5, 0.6) is 0 Å². The number of methoxy groups -OCH3 is 1. The first kappa shape index (κ1) is 9.47. The van der Waals surface area contributed by atoms with Gasteiger partial charge < -0.3 is 9.84 Å². The molecule has 2 bridgehead atoms. The number of fused-ring (bicyclic) bond motifs is 2. The highest BCUT2D eigenvalue weighted by molar-refractivity contribution is 5.01. The van der Waals surface area contributed by atoms with Gasteiger partial charge in [-0.15, -0.1) is 0 Å². The molecule has 2 fully saturated rings. The van der Waals surface area contributed by atoms with Gasteiger partial charge in [0.05, 0.1) is 11.7 Å². The van der Waals surface area contributed by atoms with Gasteiger partial charge in [-0.2, -0.15) is 0 Å². The molecule has 0 saturated heterocycles. The van der Waals surface area contributed by atoms with Crippen LogP contribution >= 0.6 is 0 Å². The molecule has 2 rings (SSSR count). The van der Waals surface area contributed by atoms with Crippen molar-refractivity contribution in [3.63, 3.8) is 0 Å². The first-order valence-electron chi connectivity index (χ1n) is 5.30. The van der Waals surface area contributed by atoms with E-state index in [0.717, 1.165) is 12.8 Å². The van der Waals surface area contributed by atoms with Gasteiger partial charge in [0.15, 0.2) is 0 Å². The molecule has 0 radical (unpaired) electrons. The lowest BCUT2D eigenvalue weighted by atomic mass is 9.78. The second-order valence-corrected chi connectivity index (χ2v) is 5.08. The first-order valence-corrected chi connectivity index (χ1v) is 5.30. The van der Waals surface area contributed by atoms with Crippen molar-refractivity contribution in [1.82, 2.24) is 0 Å². The van der Waals surface area contributed by atoms with E-state index < -0.39 is 0 Å². The van der Waals surface area contributed by atoms with Crippen molar-refractivity contribution in [1.29, 1.82) is 0 Å². The summed E-state index contributed by atoms with van der Waals surface area (Å²) < 4.78 is 5.60. The summed E-state index contributed by atoms with van der Waals surface area (Å²) in [6.07, 6.45) is 3.22. The normalized spacial score (nSPS) is 55.4. The lowest BCUT2D eigenvalue weighted by Gasteiger charge is -2.33. The Kier molecular flexibility index (Phi) is 2.16. The maximum Gasteiger partial charge on any atom is 0.0682 e. The first-order chi connectivity index (χ1) is 6.07. The van der Waals surface area contributed by atoms with Gasteiger partial charge in [-0.25, -0.2) is 0 Å². The molecule has 0 aromatic rings. The van der Waals surface area contributed by atoms with E-state index in [2.05, 4.69) is 13.8 Å². The van der Waals surface area contributed by atoms with Crippen LogP contribution in [-0.2, 0) is 4.74 Å². The third-order valence-corrected chi connectivity index (χ3v) is 4.46. The molecular weight excluding hydrogens is 164 g/mol. The Morgan fingerprint density at radius 3 is 2.69 bits per heavy atom. The average Bonchev–Trinajstić information content (AvgIpc) is 2.39. The van der Waals surface area contributed by atoms with Crippen molar-refractivity contribution in [2.24, 2.45) is 17.8 Å². The van der Waals surface area contributed by atoms with E-state index in [-0.39, 0.29) is 11.7 Å². The van der Waals surface area contributed by atoms with Crippen molar-refractivity contribution in [2.75, 3.05) is 7.11 Å². The van der Waals surface area contributed by atoms with Gasteiger partial charge in [0.25, 0.3) is 0 Å². The Balaban J connectivity index is 2.18. The van der Waals surface area contributed by atoms with E-state index in [0.29, 0.717) is 17.8 Å². The zero-order valence-corrected chi connectivity index (χ0v) is 8.79. The summed E-state index contributed by atoms with van der Waals surface area (Å²) in [4.78, 5) is 0. The van der Waals surface area contributed by atoms with Crippen molar-refractivity contribution in [3.05, 3.63) is 0 Å². The molecule has 0 aromatic carbocycles. The zero-order chi connectivity index (χ0) is 9.64. The minimum Gasteiger partial charge on any atom is -0.393 e. The van der Waals surface area contributed by atoms with Crippen LogP contribution in [0.2, 0.25) is 0 Å². The van der Waals surface area contributed by atoms with Crippen molar-refractivity contribution in [2.45, 2.75) is 44.8 Å². The van der Waals surface area contributed by atoms with E-state index in [1.54, 1.807) is 7.11 Å². The monoisotopic (exact) mass is 184 g/mol. The standard InChI is InChI=1S/C11H20O2/c1-7-8-4-9(5-10(7)12)11(2,6-8)13-3/h7-10,12H,4-6H2,1-3H3. The summed E-state index contributed by atoms with van der Waals surface area (Å²) in [6.45, 7) is 4.37. The van der Waals surface area contributed by atoms with Crippen LogP contribution < -0.4 is 0 Å². The van der Waals surface area contributed by atoms with Crippen LogP contribution in [0.3, 0.4) is 0 Å². The molecule has 2 nitrogen and oxygen atoms in total. The van der Waals surface area contributed by atoms with Crippen molar-refractivity contribution in [3.8, 4) is 0 Å². The highest BCUT2D eigenvalue weighted by atomic mass is 16.5. The van der Waals surface area contributed by atoms with Gasteiger partial charge >= 0.3 is 0 Å². The highest BCUT2D eigenvalue weighted by Crippen LogP contribution is 2.51. The number of aliphatic hydroxyl groups excluding tert-OH is 1. The fourth-order valence-electron chi connectivity index (χ4n) is 3.20. The maximum absolute atomic E-state index is 9.83. The average molecular weight is 184 g/mol. The fourth-order valence-corrected chi connectivity index (χ4v) is 3.20. The van der Waals surface area contributed by atoms with Gasteiger partial charge in [-0.05, 0) is 43.9 Å². The molecule has 2 aliphatic rings. The molecule has 2 heteroatoms. The van der Waals surface area contributed by atoms with Crippen LogP contribution in [0.4, 0.5) is 0 Å². The Hall–Kier alpha value is -0.0800. The Morgan fingerprint density at radius 1 is 1.38 bits per heavy atom. The lowest BCUT2D eigenvalue weighted by molar-refractivity contribution is -0.0389. The largest absolute Gasteiger partial charge is 0.393 e. The second-order valence-electron chi connectivity index (χ2n) is 5.08. The third kappa shape index (κ3) is 1.31. The molecule has 0 aromatic heterocycles. The summed E-state index contributed by atoms with van der Waals surface area (Å²) in [5.41, 5.74) is 0.0381. The molecule has 0 spiro atoms.